The maximum absolute atomic E-state index is 10.0. The van der Waals surface area contributed by atoms with Crippen molar-refractivity contribution in [2.45, 2.75) is 13.1 Å². The number of fused-ring (bicyclic) bond motifs is 1. The fourth-order valence-electron chi connectivity index (χ4n) is 1.63. The first-order chi connectivity index (χ1) is 6.29. The van der Waals surface area contributed by atoms with Gasteiger partial charge in [-0.25, -0.2) is 4.79 Å². The molecule has 2 rings (SSSR count). The highest BCUT2D eigenvalue weighted by Gasteiger charge is 2.13. The Labute approximate surface area is 76.5 Å². The summed E-state index contributed by atoms with van der Waals surface area (Å²) < 4.78 is 2.14. The minimum Gasteiger partial charge on any atom is -0.347 e. The maximum atomic E-state index is 10.0. The van der Waals surface area contributed by atoms with Crippen LogP contribution in [0.2, 0.25) is 0 Å². The van der Waals surface area contributed by atoms with Gasteiger partial charge in [0.05, 0.1) is 5.69 Å². The summed E-state index contributed by atoms with van der Waals surface area (Å²) in [5.74, 6) is 0. The maximum Gasteiger partial charge on any atom is 0.240 e. The molecule has 4 heteroatoms. The molecule has 2 heterocycles. The van der Waals surface area contributed by atoms with Gasteiger partial charge in [0, 0.05) is 31.5 Å². The monoisotopic (exact) mass is 177 g/mol. The van der Waals surface area contributed by atoms with Crippen molar-refractivity contribution >= 4 is 11.8 Å². The van der Waals surface area contributed by atoms with Crippen molar-refractivity contribution in [1.82, 2.24) is 9.47 Å². The number of isocyanates is 1. The van der Waals surface area contributed by atoms with Gasteiger partial charge in [0.15, 0.2) is 0 Å². The Balaban J connectivity index is 2.33. The molecule has 1 aromatic rings. The van der Waals surface area contributed by atoms with Crippen LogP contribution in [0.25, 0.3) is 0 Å². The number of aromatic nitrogens is 1. The standard InChI is InChI=1S/C9H11N3O/c1-11-2-3-12-5-8(10-7-13)4-9(12)6-11/h4-5H,2-3,6H2,1H3. The first kappa shape index (κ1) is 8.23. The van der Waals surface area contributed by atoms with Gasteiger partial charge in [0.25, 0.3) is 0 Å². The lowest BCUT2D eigenvalue weighted by Gasteiger charge is -2.24. The molecule has 4 nitrogen and oxygen atoms in total. The predicted molar refractivity (Wildman–Crippen MR) is 48.5 cm³/mol. The van der Waals surface area contributed by atoms with Crippen molar-refractivity contribution in [2.75, 3.05) is 13.6 Å². The van der Waals surface area contributed by atoms with Gasteiger partial charge < -0.3 is 4.57 Å². The molecule has 0 spiro atoms. The molecule has 0 fully saturated rings. The topological polar surface area (TPSA) is 37.6 Å². The highest BCUT2D eigenvalue weighted by molar-refractivity contribution is 5.49. The summed E-state index contributed by atoms with van der Waals surface area (Å²) in [4.78, 5) is 15.9. The Kier molecular flexibility index (Phi) is 2.00. The third-order valence-corrected chi connectivity index (χ3v) is 2.30. The fourth-order valence-corrected chi connectivity index (χ4v) is 1.63. The van der Waals surface area contributed by atoms with Crippen LogP contribution in [0, 0.1) is 0 Å². The lowest BCUT2D eigenvalue weighted by Crippen LogP contribution is -2.29. The van der Waals surface area contributed by atoms with Crippen molar-refractivity contribution < 1.29 is 4.79 Å². The van der Waals surface area contributed by atoms with Gasteiger partial charge in [-0.1, -0.05) is 0 Å². The molecule has 68 valence electrons. The molecule has 13 heavy (non-hydrogen) atoms. The summed E-state index contributed by atoms with van der Waals surface area (Å²) in [5, 5.41) is 0. The number of aliphatic imine (C=N–C) groups is 1. The molecule has 0 radical (unpaired) electrons. The first-order valence-electron chi connectivity index (χ1n) is 4.25. The van der Waals surface area contributed by atoms with Crippen LogP contribution in [0.4, 0.5) is 5.69 Å². The number of hydrogen-bond donors (Lipinski definition) is 0. The van der Waals surface area contributed by atoms with Crippen LogP contribution in [0.5, 0.6) is 0 Å². The lowest BCUT2D eigenvalue weighted by molar-refractivity contribution is 0.270. The van der Waals surface area contributed by atoms with E-state index in [2.05, 4.69) is 21.5 Å². The van der Waals surface area contributed by atoms with E-state index in [9.17, 15) is 4.79 Å². The second kappa shape index (κ2) is 3.17. The molecule has 0 N–H and O–H groups in total. The quantitative estimate of drug-likeness (QED) is 0.472. The third kappa shape index (κ3) is 1.54. The van der Waals surface area contributed by atoms with Crippen molar-refractivity contribution in [3.8, 4) is 0 Å². The van der Waals surface area contributed by atoms with E-state index in [1.165, 1.54) is 5.69 Å². The number of hydrogen-bond acceptors (Lipinski definition) is 3. The molecule has 1 aliphatic rings. The Bertz CT molecular complexity index is 363. The van der Waals surface area contributed by atoms with Crippen molar-refractivity contribution in [3.63, 3.8) is 0 Å². The Hall–Kier alpha value is -1.38. The van der Waals surface area contributed by atoms with E-state index in [-0.39, 0.29) is 0 Å². The van der Waals surface area contributed by atoms with Gasteiger partial charge in [0.1, 0.15) is 0 Å². The van der Waals surface area contributed by atoms with E-state index in [0.717, 1.165) is 19.6 Å². The third-order valence-electron chi connectivity index (χ3n) is 2.30. The van der Waals surface area contributed by atoms with E-state index < -0.39 is 0 Å². The van der Waals surface area contributed by atoms with Gasteiger partial charge in [-0.05, 0) is 13.1 Å². The van der Waals surface area contributed by atoms with E-state index in [0.29, 0.717) is 5.69 Å². The zero-order valence-corrected chi connectivity index (χ0v) is 7.53. The minimum atomic E-state index is 0.709. The Morgan fingerprint density at radius 2 is 2.38 bits per heavy atom. The average molecular weight is 177 g/mol. The van der Waals surface area contributed by atoms with Gasteiger partial charge in [0.2, 0.25) is 6.08 Å². The van der Waals surface area contributed by atoms with Crippen LogP contribution in [-0.2, 0) is 17.9 Å². The number of rotatable bonds is 1. The van der Waals surface area contributed by atoms with Crippen LogP contribution in [0.1, 0.15) is 5.69 Å². The first-order valence-corrected chi connectivity index (χ1v) is 4.25. The fraction of sp³-hybridized carbons (Fsp3) is 0.444. The van der Waals surface area contributed by atoms with E-state index in [1.54, 1.807) is 6.08 Å². The summed E-state index contributed by atoms with van der Waals surface area (Å²) >= 11 is 0. The molecule has 0 aliphatic carbocycles. The highest BCUT2D eigenvalue weighted by atomic mass is 16.1. The Morgan fingerprint density at radius 3 is 3.15 bits per heavy atom. The van der Waals surface area contributed by atoms with Crippen LogP contribution >= 0.6 is 0 Å². The van der Waals surface area contributed by atoms with Gasteiger partial charge in [-0.15, -0.1) is 0 Å². The van der Waals surface area contributed by atoms with Gasteiger partial charge in [-0.3, -0.25) is 4.90 Å². The second-order valence-corrected chi connectivity index (χ2v) is 3.32. The molecule has 0 aromatic carbocycles. The molecular weight excluding hydrogens is 166 g/mol. The average Bonchev–Trinajstić information content (AvgIpc) is 2.46. The molecular formula is C9H11N3O. The number of likely N-dealkylation sites (N-methyl/N-ethyl adjacent to an activating group) is 1. The van der Waals surface area contributed by atoms with Gasteiger partial charge in [-0.2, -0.15) is 4.99 Å². The SMILES string of the molecule is CN1CCn2cc(N=C=O)cc2C1. The number of nitrogens with zero attached hydrogens (tertiary/aromatic N) is 3. The number of carbonyl (C=O) groups excluding carboxylic acids is 1. The zero-order valence-electron chi connectivity index (χ0n) is 7.53. The van der Waals surface area contributed by atoms with E-state index in [1.807, 2.05) is 12.3 Å². The van der Waals surface area contributed by atoms with Crippen molar-refractivity contribution in [2.24, 2.45) is 4.99 Å². The lowest BCUT2D eigenvalue weighted by atomic mass is 10.3. The predicted octanol–water partition coefficient (Wildman–Crippen LogP) is 0.901. The van der Waals surface area contributed by atoms with Crippen molar-refractivity contribution in [1.29, 1.82) is 0 Å². The zero-order chi connectivity index (χ0) is 9.26. The van der Waals surface area contributed by atoms with Crippen molar-refractivity contribution in [3.05, 3.63) is 18.0 Å². The van der Waals surface area contributed by atoms with Crippen LogP contribution in [0.3, 0.4) is 0 Å². The minimum absolute atomic E-state index is 0.709. The second-order valence-electron chi connectivity index (χ2n) is 3.32. The molecule has 0 bridgehead atoms. The summed E-state index contributed by atoms with van der Waals surface area (Å²) in [6.45, 7) is 2.94. The smallest absolute Gasteiger partial charge is 0.240 e. The van der Waals surface area contributed by atoms with Crippen LogP contribution < -0.4 is 0 Å². The Morgan fingerprint density at radius 1 is 1.54 bits per heavy atom. The molecule has 1 aliphatic heterocycles. The molecule has 0 saturated heterocycles. The summed E-state index contributed by atoms with van der Waals surface area (Å²) in [6.07, 6.45) is 3.45. The summed E-state index contributed by atoms with van der Waals surface area (Å²) in [7, 11) is 2.08. The van der Waals surface area contributed by atoms with E-state index >= 15 is 0 Å². The molecule has 1 aromatic heterocycles. The largest absolute Gasteiger partial charge is 0.347 e. The normalized spacial score (nSPS) is 16.4. The van der Waals surface area contributed by atoms with Crippen LogP contribution in [0.15, 0.2) is 17.3 Å². The molecule has 0 saturated carbocycles. The summed E-state index contributed by atoms with van der Waals surface area (Å²) in [5.41, 5.74) is 1.92. The molecule has 0 amide bonds. The molecule has 0 unspecified atom stereocenters. The van der Waals surface area contributed by atoms with Gasteiger partial charge >= 0.3 is 0 Å². The summed E-state index contributed by atoms with van der Waals surface area (Å²) in [6, 6.07) is 1.93. The van der Waals surface area contributed by atoms with Crippen LogP contribution in [-0.4, -0.2) is 29.1 Å². The van der Waals surface area contributed by atoms with E-state index in [4.69, 9.17) is 0 Å². The highest BCUT2D eigenvalue weighted by Crippen LogP contribution is 2.20. The molecule has 0 atom stereocenters.